The highest BCUT2D eigenvalue weighted by Crippen LogP contribution is 2.35. The van der Waals surface area contributed by atoms with Gasteiger partial charge in [0.25, 0.3) is 0 Å². The van der Waals surface area contributed by atoms with Crippen molar-refractivity contribution in [2.75, 3.05) is 44.3 Å². The fourth-order valence-corrected chi connectivity index (χ4v) is 5.60. The molecule has 0 aromatic heterocycles. The van der Waals surface area contributed by atoms with Crippen LogP contribution < -0.4 is 16.0 Å². The summed E-state index contributed by atoms with van der Waals surface area (Å²) in [7, 11) is 0. The van der Waals surface area contributed by atoms with Crippen LogP contribution >= 0.6 is 0 Å². The molecule has 4 N–H and O–H groups in total. The average molecular weight is 545 g/mol. The van der Waals surface area contributed by atoms with Gasteiger partial charge < -0.3 is 30.7 Å². The maximum atomic E-state index is 13.7. The molecule has 0 bridgehead atoms. The number of nitrogens with zero attached hydrogens (tertiary/aromatic N) is 2. The minimum absolute atomic E-state index is 0.0581. The zero-order chi connectivity index (χ0) is 28.6. The molecule has 0 spiro atoms. The van der Waals surface area contributed by atoms with Crippen LogP contribution in [0.15, 0.2) is 24.3 Å². The highest BCUT2D eigenvalue weighted by molar-refractivity contribution is 5.96. The van der Waals surface area contributed by atoms with E-state index >= 15 is 0 Å². The molecule has 3 rings (SSSR count). The van der Waals surface area contributed by atoms with E-state index < -0.39 is 17.6 Å². The van der Waals surface area contributed by atoms with E-state index in [0.29, 0.717) is 52.2 Å². The van der Waals surface area contributed by atoms with Gasteiger partial charge in [-0.1, -0.05) is 52.3 Å². The third-order valence-corrected chi connectivity index (χ3v) is 7.91. The van der Waals surface area contributed by atoms with Gasteiger partial charge >= 0.3 is 0 Å². The van der Waals surface area contributed by atoms with E-state index in [1.165, 1.54) is 0 Å². The van der Waals surface area contributed by atoms with Crippen LogP contribution in [-0.4, -0.2) is 79.3 Å². The molecule has 2 aliphatic rings. The van der Waals surface area contributed by atoms with Crippen molar-refractivity contribution >= 4 is 23.4 Å². The topological polar surface area (TPSA) is 125 Å². The predicted octanol–water partition coefficient (Wildman–Crippen LogP) is 2.49. The number of nitrogens with one attached hydrogen (secondary N) is 1. The molecule has 3 amide bonds. The van der Waals surface area contributed by atoms with Crippen LogP contribution in [0.3, 0.4) is 0 Å². The maximum Gasteiger partial charge on any atom is 0.227 e. The van der Waals surface area contributed by atoms with Crippen molar-refractivity contribution in [2.24, 2.45) is 23.0 Å². The summed E-state index contributed by atoms with van der Waals surface area (Å²) in [4.78, 5) is 42.9. The van der Waals surface area contributed by atoms with E-state index in [2.05, 4.69) is 12.2 Å². The van der Waals surface area contributed by atoms with E-state index in [1.54, 1.807) is 11.8 Å². The molecule has 0 saturated carbocycles. The standard InChI is InChI=1S/C30H48N4O5/c1-5-6-11-32-28(37)21(2)16-26(35)24(31)18-30(3,4)19-27(36)34-20-23(17-22-9-7-8-10-25(22)34)29(38)33-12-14-39-15-13-33/h7-10,21,23-24,26,35H,5-6,11-20,31H2,1-4H3,(H,32,37)/t21-,23?,24+,26+/m1/s1. The second-order valence-corrected chi connectivity index (χ2v) is 12.0. The van der Waals surface area contributed by atoms with Crippen LogP contribution in [0.25, 0.3) is 0 Å². The number of carbonyl (C=O) groups is 3. The quantitative estimate of drug-likeness (QED) is 0.347. The van der Waals surface area contributed by atoms with Gasteiger partial charge in [0.1, 0.15) is 0 Å². The second-order valence-electron chi connectivity index (χ2n) is 12.0. The van der Waals surface area contributed by atoms with Crippen molar-refractivity contribution in [3.05, 3.63) is 29.8 Å². The molecule has 1 fully saturated rings. The number of morpholine rings is 1. The van der Waals surface area contributed by atoms with Crippen molar-refractivity contribution < 1.29 is 24.2 Å². The first-order valence-electron chi connectivity index (χ1n) is 14.5. The van der Waals surface area contributed by atoms with Crippen molar-refractivity contribution in [1.29, 1.82) is 0 Å². The Kier molecular flexibility index (Phi) is 11.3. The lowest BCUT2D eigenvalue weighted by Crippen LogP contribution is -2.50. The van der Waals surface area contributed by atoms with E-state index in [0.717, 1.165) is 24.1 Å². The number of unbranched alkanes of at least 4 members (excludes halogenated alkanes) is 1. The number of hydrogen-bond acceptors (Lipinski definition) is 6. The lowest BCUT2D eigenvalue weighted by Gasteiger charge is -2.39. The molecule has 1 saturated heterocycles. The van der Waals surface area contributed by atoms with Crippen molar-refractivity contribution in [3.63, 3.8) is 0 Å². The van der Waals surface area contributed by atoms with Gasteiger partial charge in [0.15, 0.2) is 0 Å². The minimum Gasteiger partial charge on any atom is -0.391 e. The van der Waals surface area contributed by atoms with Gasteiger partial charge in [-0.05, 0) is 42.7 Å². The van der Waals surface area contributed by atoms with Gasteiger partial charge in [-0.25, -0.2) is 0 Å². The number of carbonyl (C=O) groups excluding carboxylic acids is 3. The number of nitrogens with two attached hydrogens (primary N) is 1. The van der Waals surface area contributed by atoms with Crippen molar-refractivity contribution in [2.45, 2.75) is 78.4 Å². The summed E-state index contributed by atoms with van der Waals surface area (Å²) >= 11 is 0. The van der Waals surface area contributed by atoms with Gasteiger partial charge in [0, 0.05) is 50.2 Å². The summed E-state index contributed by atoms with van der Waals surface area (Å²) in [5.41, 5.74) is 7.75. The number of rotatable bonds is 12. The van der Waals surface area contributed by atoms with Crippen LogP contribution in [0.2, 0.25) is 0 Å². The molecule has 9 nitrogen and oxygen atoms in total. The fraction of sp³-hybridized carbons (Fsp3) is 0.700. The van der Waals surface area contributed by atoms with Crippen molar-refractivity contribution in [3.8, 4) is 0 Å². The van der Waals surface area contributed by atoms with E-state index in [4.69, 9.17) is 10.5 Å². The zero-order valence-electron chi connectivity index (χ0n) is 24.2. The lowest BCUT2D eigenvalue weighted by atomic mass is 9.79. The van der Waals surface area contributed by atoms with E-state index in [1.807, 2.05) is 43.0 Å². The minimum atomic E-state index is -0.850. The number of para-hydroxylation sites is 1. The highest BCUT2D eigenvalue weighted by Gasteiger charge is 2.37. The van der Waals surface area contributed by atoms with Gasteiger partial charge in [0.2, 0.25) is 17.7 Å². The molecule has 1 aromatic carbocycles. The summed E-state index contributed by atoms with van der Waals surface area (Å²) in [6.45, 7) is 11.0. The Bertz CT molecular complexity index is 978. The SMILES string of the molecule is CCCCNC(=O)[C@H](C)C[C@H](O)[C@@H](N)CC(C)(C)CC(=O)N1CC(C(=O)N2CCOCC2)Cc2ccccc21. The Balaban J connectivity index is 1.61. The molecular formula is C30H48N4O5. The van der Waals surface area contributed by atoms with Crippen molar-refractivity contribution in [1.82, 2.24) is 10.2 Å². The van der Waals surface area contributed by atoms with E-state index in [-0.39, 0.29) is 42.4 Å². The molecular weight excluding hydrogens is 496 g/mol. The molecule has 39 heavy (non-hydrogen) atoms. The number of benzene rings is 1. The molecule has 1 aromatic rings. The zero-order valence-corrected chi connectivity index (χ0v) is 24.2. The van der Waals surface area contributed by atoms with Crippen LogP contribution in [0.5, 0.6) is 0 Å². The normalized spacial score (nSPS) is 20.1. The first-order valence-corrected chi connectivity index (χ1v) is 14.5. The maximum absolute atomic E-state index is 13.7. The lowest BCUT2D eigenvalue weighted by molar-refractivity contribution is -0.139. The fourth-order valence-electron chi connectivity index (χ4n) is 5.60. The van der Waals surface area contributed by atoms with Crippen LogP contribution in [-0.2, 0) is 25.5 Å². The van der Waals surface area contributed by atoms with E-state index in [9.17, 15) is 19.5 Å². The molecule has 2 heterocycles. The van der Waals surface area contributed by atoms with Gasteiger partial charge in [-0.2, -0.15) is 0 Å². The first kappa shape index (κ1) is 31.0. The van der Waals surface area contributed by atoms with Gasteiger partial charge in [-0.3, -0.25) is 14.4 Å². The van der Waals surface area contributed by atoms with Crippen LogP contribution in [0.1, 0.15) is 65.4 Å². The Labute approximate surface area is 233 Å². The third kappa shape index (κ3) is 8.75. The Hall–Kier alpha value is -2.49. The first-order chi connectivity index (χ1) is 18.5. The monoisotopic (exact) mass is 544 g/mol. The summed E-state index contributed by atoms with van der Waals surface area (Å²) in [6.07, 6.45) is 2.62. The van der Waals surface area contributed by atoms with Crippen LogP contribution in [0, 0.1) is 17.3 Å². The summed E-state index contributed by atoms with van der Waals surface area (Å²) < 4.78 is 5.40. The second kappa shape index (κ2) is 14.2. The molecule has 1 unspecified atom stereocenters. The number of ether oxygens (including phenoxy) is 1. The summed E-state index contributed by atoms with van der Waals surface area (Å²) in [6, 6.07) is 7.23. The highest BCUT2D eigenvalue weighted by atomic mass is 16.5. The molecule has 2 aliphatic heterocycles. The largest absolute Gasteiger partial charge is 0.391 e. The Morgan fingerprint density at radius 1 is 1.21 bits per heavy atom. The number of hydrogen-bond donors (Lipinski definition) is 3. The molecule has 0 aliphatic carbocycles. The smallest absolute Gasteiger partial charge is 0.227 e. The number of aliphatic hydroxyl groups is 1. The Morgan fingerprint density at radius 2 is 1.90 bits per heavy atom. The van der Waals surface area contributed by atoms with Gasteiger partial charge in [0.05, 0.1) is 25.2 Å². The summed E-state index contributed by atoms with van der Waals surface area (Å²) in [5, 5.41) is 13.7. The number of amides is 3. The van der Waals surface area contributed by atoms with Crippen LogP contribution in [0.4, 0.5) is 5.69 Å². The molecule has 4 atom stereocenters. The third-order valence-electron chi connectivity index (χ3n) is 7.91. The predicted molar refractivity (Wildman–Crippen MR) is 152 cm³/mol. The summed E-state index contributed by atoms with van der Waals surface area (Å²) in [5.74, 6) is -0.702. The molecule has 0 radical (unpaired) electrons. The van der Waals surface area contributed by atoms with Gasteiger partial charge in [-0.15, -0.1) is 0 Å². The average Bonchev–Trinajstić information content (AvgIpc) is 2.91. The molecule has 218 valence electrons. The number of anilines is 1. The Morgan fingerprint density at radius 3 is 2.59 bits per heavy atom. The molecule has 9 heteroatoms. The number of aliphatic hydroxyl groups excluding tert-OH is 1. The number of fused-ring (bicyclic) bond motifs is 1.